The van der Waals surface area contributed by atoms with Crippen molar-refractivity contribution in [2.24, 2.45) is 0 Å². The van der Waals surface area contributed by atoms with E-state index < -0.39 is 4.92 Å². The van der Waals surface area contributed by atoms with Gasteiger partial charge in [0.1, 0.15) is 11.4 Å². The van der Waals surface area contributed by atoms with Crippen LogP contribution in [0.1, 0.15) is 13.8 Å². The molecule has 1 N–H and O–H groups in total. The monoisotopic (exact) mass is 357 g/mol. The number of anilines is 3. The molecule has 9 heteroatoms. The van der Waals surface area contributed by atoms with E-state index in [2.05, 4.69) is 15.6 Å². The third kappa shape index (κ3) is 2.99. The molecule has 0 spiro atoms. The number of ether oxygens (including phenoxy) is 1. The van der Waals surface area contributed by atoms with Gasteiger partial charge in [0.05, 0.1) is 23.4 Å². The number of para-hydroxylation sites is 2. The fourth-order valence-electron chi connectivity index (χ4n) is 2.89. The van der Waals surface area contributed by atoms with E-state index in [0.29, 0.717) is 41.4 Å². The van der Waals surface area contributed by atoms with Crippen LogP contribution in [0.4, 0.5) is 22.7 Å². The van der Waals surface area contributed by atoms with Gasteiger partial charge in [0.2, 0.25) is 5.52 Å². The van der Waals surface area contributed by atoms with Gasteiger partial charge in [0, 0.05) is 13.1 Å². The first kappa shape index (κ1) is 17.5. The third-order valence-corrected chi connectivity index (χ3v) is 4.15. The van der Waals surface area contributed by atoms with Crippen LogP contribution in [-0.4, -0.2) is 35.4 Å². The van der Waals surface area contributed by atoms with Gasteiger partial charge in [-0.2, -0.15) is 0 Å². The summed E-state index contributed by atoms with van der Waals surface area (Å²) in [6.07, 6.45) is 0. The summed E-state index contributed by atoms with van der Waals surface area (Å²) >= 11 is 0. The SMILES string of the molecule is CCN(CC)c1cc(Nc2ccccc2OC)c([N+](=O)[O-])c2nonc12. The Morgan fingerprint density at radius 3 is 2.54 bits per heavy atom. The lowest BCUT2D eigenvalue weighted by Crippen LogP contribution is -2.22. The van der Waals surface area contributed by atoms with E-state index in [-0.39, 0.29) is 11.2 Å². The Morgan fingerprint density at radius 1 is 1.19 bits per heavy atom. The minimum Gasteiger partial charge on any atom is -0.495 e. The summed E-state index contributed by atoms with van der Waals surface area (Å²) in [5, 5.41) is 22.5. The van der Waals surface area contributed by atoms with Gasteiger partial charge in [-0.25, -0.2) is 4.63 Å². The summed E-state index contributed by atoms with van der Waals surface area (Å²) in [5.41, 5.74) is 1.91. The molecule has 0 aliphatic heterocycles. The van der Waals surface area contributed by atoms with E-state index in [1.807, 2.05) is 30.9 Å². The molecular formula is C17H19N5O4. The van der Waals surface area contributed by atoms with Gasteiger partial charge in [0.25, 0.3) is 0 Å². The largest absolute Gasteiger partial charge is 0.495 e. The zero-order chi connectivity index (χ0) is 18.7. The summed E-state index contributed by atoms with van der Waals surface area (Å²) in [6, 6.07) is 8.90. The molecule has 0 aliphatic rings. The second kappa shape index (κ2) is 7.26. The van der Waals surface area contributed by atoms with Crippen molar-refractivity contribution in [2.75, 3.05) is 30.4 Å². The van der Waals surface area contributed by atoms with E-state index in [0.717, 1.165) is 0 Å². The summed E-state index contributed by atoms with van der Waals surface area (Å²) in [4.78, 5) is 13.3. The molecule has 0 bridgehead atoms. The van der Waals surface area contributed by atoms with Gasteiger partial charge in [-0.15, -0.1) is 0 Å². The van der Waals surface area contributed by atoms with E-state index in [9.17, 15) is 10.1 Å². The van der Waals surface area contributed by atoms with Crippen LogP contribution in [0.3, 0.4) is 0 Å². The Balaban J connectivity index is 2.22. The standard InChI is InChI=1S/C17H19N5O4/c1-4-21(5-2)13-10-12(18-11-8-6-7-9-14(11)25-3)17(22(23)24)16-15(13)19-26-20-16/h6-10,18H,4-5H2,1-3H3. The lowest BCUT2D eigenvalue weighted by Gasteiger charge is -2.22. The Morgan fingerprint density at radius 2 is 1.88 bits per heavy atom. The summed E-state index contributed by atoms with van der Waals surface area (Å²) in [6.45, 7) is 5.42. The van der Waals surface area contributed by atoms with Gasteiger partial charge in [-0.1, -0.05) is 12.1 Å². The van der Waals surface area contributed by atoms with Crippen molar-refractivity contribution in [3.63, 3.8) is 0 Å². The van der Waals surface area contributed by atoms with Crippen molar-refractivity contribution in [3.8, 4) is 5.75 Å². The van der Waals surface area contributed by atoms with Gasteiger partial charge in [-0.05, 0) is 42.4 Å². The van der Waals surface area contributed by atoms with E-state index in [1.54, 1.807) is 25.3 Å². The molecule has 1 heterocycles. The zero-order valence-corrected chi connectivity index (χ0v) is 14.7. The van der Waals surface area contributed by atoms with Crippen LogP contribution in [0.15, 0.2) is 35.0 Å². The van der Waals surface area contributed by atoms with Crippen LogP contribution in [0.2, 0.25) is 0 Å². The Hall–Kier alpha value is -3.36. The molecule has 0 radical (unpaired) electrons. The predicted octanol–water partition coefficient (Wildman–Crippen LogP) is 3.73. The number of nitro groups is 1. The lowest BCUT2D eigenvalue weighted by molar-refractivity contribution is -0.382. The number of nitro benzene ring substituents is 1. The number of hydrogen-bond acceptors (Lipinski definition) is 8. The third-order valence-electron chi connectivity index (χ3n) is 4.15. The molecule has 1 aromatic heterocycles. The predicted molar refractivity (Wildman–Crippen MR) is 98.3 cm³/mol. The number of aromatic nitrogens is 2. The zero-order valence-electron chi connectivity index (χ0n) is 14.7. The topological polar surface area (TPSA) is 107 Å². The number of fused-ring (bicyclic) bond motifs is 1. The molecule has 0 amide bonds. The van der Waals surface area contributed by atoms with E-state index in [4.69, 9.17) is 9.37 Å². The van der Waals surface area contributed by atoms with Crippen molar-refractivity contribution >= 4 is 33.8 Å². The number of nitrogens with zero attached hydrogens (tertiary/aromatic N) is 4. The number of hydrogen-bond donors (Lipinski definition) is 1. The highest BCUT2D eigenvalue weighted by molar-refractivity contribution is 6.00. The maximum Gasteiger partial charge on any atom is 0.324 e. The van der Waals surface area contributed by atoms with Crippen molar-refractivity contribution in [1.29, 1.82) is 0 Å². The number of methoxy groups -OCH3 is 1. The van der Waals surface area contributed by atoms with Crippen LogP contribution in [0.25, 0.3) is 11.0 Å². The second-order valence-corrected chi connectivity index (χ2v) is 5.51. The fourth-order valence-corrected chi connectivity index (χ4v) is 2.89. The quantitative estimate of drug-likeness (QED) is 0.503. The summed E-state index contributed by atoms with van der Waals surface area (Å²) in [7, 11) is 1.54. The molecule has 0 saturated heterocycles. The molecule has 2 aromatic carbocycles. The van der Waals surface area contributed by atoms with Crippen LogP contribution in [0, 0.1) is 10.1 Å². The lowest BCUT2D eigenvalue weighted by atomic mass is 10.1. The number of benzene rings is 2. The molecule has 0 fully saturated rings. The summed E-state index contributed by atoms with van der Waals surface area (Å²) in [5.74, 6) is 0.574. The molecule has 0 saturated carbocycles. The Kier molecular flexibility index (Phi) is 4.87. The minimum atomic E-state index is -0.490. The molecule has 0 unspecified atom stereocenters. The maximum absolute atomic E-state index is 11.7. The molecule has 9 nitrogen and oxygen atoms in total. The molecule has 0 atom stereocenters. The molecule has 3 aromatic rings. The van der Waals surface area contributed by atoms with Gasteiger partial charge in [0.15, 0.2) is 5.52 Å². The average Bonchev–Trinajstić information content (AvgIpc) is 3.12. The highest BCUT2D eigenvalue weighted by atomic mass is 16.6. The van der Waals surface area contributed by atoms with Gasteiger partial charge in [-0.3, -0.25) is 10.1 Å². The molecular weight excluding hydrogens is 338 g/mol. The molecule has 3 rings (SSSR count). The highest BCUT2D eigenvalue weighted by Gasteiger charge is 2.27. The Labute approximate surface area is 149 Å². The van der Waals surface area contributed by atoms with Crippen molar-refractivity contribution in [2.45, 2.75) is 13.8 Å². The first-order chi connectivity index (χ1) is 12.6. The van der Waals surface area contributed by atoms with Crippen LogP contribution >= 0.6 is 0 Å². The normalized spacial score (nSPS) is 10.7. The van der Waals surface area contributed by atoms with Crippen molar-refractivity contribution in [3.05, 3.63) is 40.4 Å². The minimum absolute atomic E-state index is 0.108. The van der Waals surface area contributed by atoms with Gasteiger partial charge < -0.3 is 15.0 Å². The van der Waals surface area contributed by atoms with Crippen LogP contribution in [0.5, 0.6) is 5.75 Å². The van der Waals surface area contributed by atoms with Crippen LogP contribution < -0.4 is 15.0 Å². The molecule has 0 aliphatic carbocycles. The first-order valence-electron chi connectivity index (χ1n) is 8.19. The fraction of sp³-hybridized carbons (Fsp3) is 0.294. The molecule has 136 valence electrons. The van der Waals surface area contributed by atoms with Crippen molar-refractivity contribution < 1.29 is 14.3 Å². The number of nitrogens with one attached hydrogen (secondary N) is 1. The van der Waals surface area contributed by atoms with Crippen molar-refractivity contribution in [1.82, 2.24) is 10.3 Å². The van der Waals surface area contributed by atoms with E-state index >= 15 is 0 Å². The van der Waals surface area contributed by atoms with Crippen LogP contribution in [-0.2, 0) is 0 Å². The maximum atomic E-state index is 11.7. The first-order valence-corrected chi connectivity index (χ1v) is 8.19. The Bertz CT molecular complexity index is 936. The van der Waals surface area contributed by atoms with Gasteiger partial charge >= 0.3 is 5.69 Å². The highest BCUT2D eigenvalue weighted by Crippen LogP contribution is 2.40. The smallest absolute Gasteiger partial charge is 0.324 e. The number of rotatable bonds is 7. The molecule has 26 heavy (non-hydrogen) atoms. The second-order valence-electron chi connectivity index (χ2n) is 5.51. The average molecular weight is 357 g/mol. The summed E-state index contributed by atoms with van der Waals surface area (Å²) < 4.78 is 10.1. The van der Waals surface area contributed by atoms with E-state index in [1.165, 1.54) is 0 Å².